The predicted molar refractivity (Wildman–Crippen MR) is 120 cm³/mol. The van der Waals surface area contributed by atoms with Crippen LogP contribution in [0.5, 0.6) is 0 Å². The molecule has 0 radical (unpaired) electrons. The molecular weight excluding hydrogens is 443 g/mol. The van der Waals surface area contributed by atoms with Crippen molar-refractivity contribution in [3.05, 3.63) is 69.8 Å². The summed E-state index contributed by atoms with van der Waals surface area (Å²) in [4.78, 5) is 26.9. The number of nitriles is 1. The van der Waals surface area contributed by atoms with Crippen molar-refractivity contribution in [2.24, 2.45) is 0 Å². The lowest BCUT2D eigenvalue weighted by atomic mass is 10.1. The summed E-state index contributed by atoms with van der Waals surface area (Å²) in [6.45, 7) is 0.142. The molecule has 0 atom stereocenters. The van der Waals surface area contributed by atoms with Gasteiger partial charge in [-0.2, -0.15) is 5.26 Å². The van der Waals surface area contributed by atoms with Crippen LogP contribution in [0.4, 0.5) is 5.69 Å². The van der Waals surface area contributed by atoms with Gasteiger partial charge in [-0.25, -0.2) is 0 Å². The Bertz CT molecular complexity index is 1310. The first kappa shape index (κ1) is 20.1. The number of rotatable bonds is 3. The molecule has 2 aromatic carbocycles. The van der Waals surface area contributed by atoms with E-state index in [1.54, 1.807) is 22.9 Å². The zero-order chi connectivity index (χ0) is 21.4. The van der Waals surface area contributed by atoms with Gasteiger partial charge in [-0.1, -0.05) is 41.4 Å². The van der Waals surface area contributed by atoms with Crippen molar-refractivity contribution in [1.29, 1.82) is 5.26 Å². The number of hydrogen-bond acceptors (Lipinski definition) is 4. The van der Waals surface area contributed by atoms with Gasteiger partial charge in [0.05, 0.1) is 21.8 Å². The maximum atomic E-state index is 13.2. The van der Waals surface area contributed by atoms with E-state index in [1.807, 2.05) is 24.3 Å². The molecule has 2 amide bonds. The molecular formula is C21H12Cl2N4O2S. The number of nitrogens with zero attached hydrogens (tertiary/aromatic N) is 3. The minimum absolute atomic E-state index is 0.0487. The number of halogens is 2. The van der Waals surface area contributed by atoms with E-state index in [2.05, 4.69) is 11.4 Å². The number of hydrogen-bond donors (Lipinski definition) is 1. The lowest BCUT2D eigenvalue weighted by Crippen LogP contribution is -2.54. The summed E-state index contributed by atoms with van der Waals surface area (Å²) in [6, 6.07) is 14.2. The molecule has 3 aromatic rings. The Labute approximate surface area is 186 Å². The molecule has 30 heavy (non-hydrogen) atoms. The maximum Gasteiger partial charge on any atom is 0.270 e. The molecule has 0 bridgehead atoms. The van der Waals surface area contributed by atoms with Gasteiger partial charge >= 0.3 is 0 Å². The van der Waals surface area contributed by atoms with Gasteiger partial charge in [-0.3, -0.25) is 19.8 Å². The van der Waals surface area contributed by atoms with Gasteiger partial charge in [-0.15, -0.1) is 0 Å². The summed E-state index contributed by atoms with van der Waals surface area (Å²) in [5.74, 6) is -1.18. The fraction of sp³-hybridized carbons (Fsp3) is 0.0476. The molecule has 0 spiro atoms. The Morgan fingerprint density at radius 1 is 1.13 bits per heavy atom. The van der Waals surface area contributed by atoms with E-state index < -0.39 is 11.8 Å². The SMILES string of the molecule is N#CCn1cc(C=C2C(=O)NC(=S)N(c3ccc(Cl)c(Cl)c3)C2=O)c2ccccc21. The molecule has 1 fully saturated rings. The maximum absolute atomic E-state index is 13.2. The molecule has 1 saturated heterocycles. The molecule has 9 heteroatoms. The van der Waals surface area contributed by atoms with Crippen molar-refractivity contribution in [3.8, 4) is 6.07 Å². The lowest BCUT2D eigenvalue weighted by molar-refractivity contribution is -0.122. The summed E-state index contributed by atoms with van der Waals surface area (Å²) in [5, 5.41) is 13.0. The molecule has 1 aromatic heterocycles. The Balaban J connectivity index is 1.81. The molecule has 1 N–H and O–H groups in total. The smallest absolute Gasteiger partial charge is 0.270 e. The van der Waals surface area contributed by atoms with E-state index in [4.69, 9.17) is 40.7 Å². The molecule has 0 aliphatic carbocycles. The fourth-order valence-corrected chi connectivity index (χ4v) is 3.84. The summed E-state index contributed by atoms with van der Waals surface area (Å²) < 4.78 is 1.76. The fourth-order valence-electron chi connectivity index (χ4n) is 3.27. The van der Waals surface area contributed by atoms with Crippen LogP contribution in [0.2, 0.25) is 10.0 Å². The molecule has 0 saturated carbocycles. The first-order valence-electron chi connectivity index (χ1n) is 8.72. The third kappa shape index (κ3) is 3.46. The zero-order valence-corrected chi connectivity index (χ0v) is 17.6. The normalized spacial score (nSPS) is 15.6. The van der Waals surface area contributed by atoms with Crippen LogP contribution in [0.1, 0.15) is 5.56 Å². The van der Waals surface area contributed by atoms with Crippen LogP contribution in [0.15, 0.2) is 54.2 Å². The van der Waals surface area contributed by atoms with Gasteiger partial charge in [0.1, 0.15) is 12.1 Å². The minimum atomic E-state index is -0.599. The number of fused-ring (bicyclic) bond motifs is 1. The highest BCUT2D eigenvalue weighted by Crippen LogP contribution is 2.30. The van der Waals surface area contributed by atoms with E-state index >= 15 is 0 Å². The van der Waals surface area contributed by atoms with Crippen LogP contribution in [0.25, 0.3) is 17.0 Å². The second kappa shape index (κ2) is 7.92. The summed E-state index contributed by atoms with van der Waals surface area (Å²) in [6.07, 6.45) is 3.23. The van der Waals surface area contributed by atoms with Crippen LogP contribution in [0, 0.1) is 11.3 Å². The Hall–Kier alpha value is -3.18. The van der Waals surface area contributed by atoms with Gasteiger partial charge in [-0.05, 0) is 42.6 Å². The molecule has 148 valence electrons. The average molecular weight is 455 g/mol. The van der Waals surface area contributed by atoms with Crippen molar-refractivity contribution in [2.75, 3.05) is 4.90 Å². The van der Waals surface area contributed by atoms with E-state index in [9.17, 15) is 9.59 Å². The Morgan fingerprint density at radius 3 is 2.63 bits per heavy atom. The quantitative estimate of drug-likeness (QED) is 0.363. The lowest BCUT2D eigenvalue weighted by Gasteiger charge is -2.29. The largest absolute Gasteiger partial charge is 0.333 e. The summed E-state index contributed by atoms with van der Waals surface area (Å²) >= 11 is 17.2. The first-order chi connectivity index (χ1) is 14.4. The predicted octanol–water partition coefficient (Wildman–Crippen LogP) is 4.30. The number of para-hydroxylation sites is 1. The summed E-state index contributed by atoms with van der Waals surface area (Å²) in [7, 11) is 0. The van der Waals surface area contributed by atoms with E-state index in [0.717, 1.165) is 10.9 Å². The molecule has 4 rings (SSSR count). The summed E-state index contributed by atoms with van der Waals surface area (Å²) in [5.41, 5.74) is 1.76. The third-order valence-electron chi connectivity index (χ3n) is 4.62. The van der Waals surface area contributed by atoms with Gasteiger partial charge in [0, 0.05) is 22.7 Å². The zero-order valence-electron chi connectivity index (χ0n) is 15.2. The monoisotopic (exact) mass is 454 g/mol. The van der Waals surface area contributed by atoms with E-state index in [1.165, 1.54) is 17.0 Å². The molecule has 1 aliphatic heterocycles. The highest BCUT2D eigenvalue weighted by molar-refractivity contribution is 7.80. The molecule has 1 aliphatic rings. The minimum Gasteiger partial charge on any atom is -0.333 e. The third-order valence-corrected chi connectivity index (χ3v) is 5.65. The van der Waals surface area contributed by atoms with Crippen LogP contribution >= 0.6 is 35.4 Å². The average Bonchev–Trinajstić information content (AvgIpc) is 3.06. The van der Waals surface area contributed by atoms with E-state index in [-0.39, 0.29) is 22.3 Å². The number of anilines is 1. The van der Waals surface area contributed by atoms with Gasteiger partial charge < -0.3 is 4.57 Å². The highest BCUT2D eigenvalue weighted by atomic mass is 35.5. The van der Waals surface area contributed by atoms with Crippen molar-refractivity contribution >= 4 is 75.0 Å². The van der Waals surface area contributed by atoms with Crippen molar-refractivity contribution in [2.45, 2.75) is 6.54 Å². The number of nitrogens with one attached hydrogen (secondary N) is 1. The van der Waals surface area contributed by atoms with Crippen LogP contribution < -0.4 is 10.2 Å². The first-order valence-corrected chi connectivity index (χ1v) is 9.88. The number of carbonyl (C=O) groups excluding carboxylic acids is 2. The van der Waals surface area contributed by atoms with Crippen LogP contribution in [-0.2, 0) is 16.1 Å². The van der Waals surface area contributed by atoms with Crippen molar-refractivity contribution in [1.82, 2.24) is 9.88 Å². The van der Waals surface area contributed by atoms with Crippen molar-refractivity contribution < 1.29 is 9.59 Å². The molecule has 6 nitrogen and oxygen atoms in total. The standard InChI is InChI=1S/C21H12Cl2N4O2S/c22-16-6-5-13(10-17(16)23)27-20(29)15(19(28)25-21(27)30)9-12-11-26(8-7-24)18-4-2-1-3-14(12)18/h1-6,9-11H,8H2,(H,25,28,30). The second-order valence-electron chi connectivity index (χ2n) is 6.44. The Morgan fingerprint density at radius 2 is 1.90 bits per heavy atom. The molecule has 0 unspecified atom stereocenters. The van der Waals surface area contributed by atoms with Crippen LogP contribution in [0.3, 0.4) is 0 Å². The molecule has 2 heterocycles. The number of aromatic nitrogens is 1. The number of benzene rings is 2. The van der Waals surface area contributed by atoms with Gasteiger partial charge in [0.2, 0.25) is 0 Å². The van der Waals surface area contributed by atoms with Crippen LogP contribution in [-0.4, -0.2) is 21.5 Å². The van der Waals surface area contributed by atoms with Crippen molar-refractivity contribution in [3.63, 3.8) is 0 Å². The van der Waals surface area contributed by atoms with Gasteiger partial charge in [0.15, 0.2) is 5.11 Å². The number of thiocarbonyl (C=S) groups is 1. The number of carbonyl (C=O) groups is 2. The van der Waals surface area contributed by atoms with E-state index in [0.29, 0.717) is 16.3 Å². The topological polar surface area (TPSA) is 78.1 Å². The highest BCUT2D eigenvalue weighted by Gasteiger charge is 2.35. The Kier molecular flexibility index (Phi) is 5.31. The van der Waals surface area contributed by atoms with Gasteiger partial charge in [0.25, 0.3) is 11.8 Å². The number of amides is 2. The second-order valence-corrected chi connectivity index (χ2v) is 7.64.